The molecule has 0 saturated carbocycles. The Morgan fingerprint density at radius 1 is 1.23 bits per heavy atom. The molecule has 0 unspecified atom stereocenters. The van der Waals surface area contributed by atoms with Crippen molar-refractivity contribution in [2.75, 3.05) is 0 Å². The highest BCUT2D eigenvalue weighted by atomic mass is 35.5. The number of ether oxygens (including phenoxy) is 1. The summed E-state index contributed by atoms with van der Waals surface area (Å²) in [5.41, 5.74) is -0.705. The third-order valence-corrected chi connectivity index (χ3v) is 6.48. The van der Waals surface area contributed by atoms with Gasteiger partial charge in [0.1, 0.15) is 11.4 Å². The van der Waals surface area contributed by atoms with Crippen molar-refractivity contribution in [3.63, 3.8) is 0 Å². The molecule has 0 aliphatic carbocycles. The van der Waals surface area contributed by atoms with Gasteiger partial charge < -0.3 is 9.84 Å². The van der Waals surface area contributed by atoms with Crippen LogP contribution in [0.15, 0.2) is 53.4 Å². The molecule has 0 aromatic heterocycles. The Morgan fingerprint density at radius 3 is 2.50 bits per heavy atom. The topological polar surface area (TPSA) is 99.4 Å². The number of hydrogen-bond acceptors (Lipinski definition) is 5. The number of aliphatic hydroxyl groups is 1. The molecule has 1 aliphatic heterocycles. The van der Waals surface area contributed by atoms with Crippen LogP contribution in [0.1, 0.15) is 31.0 Å². The lowest BCUT2D eigenvalue weighted by molar-refractivity contribution is -0.0910. The molecule has 1 aliphatic rings. The fraction of sp³-hybridized carbons (Fsp3) is 0.278. The van der Waals surface area contributed by atoms with Crippen molar-refractivity contribution in [2.24, 2.45) is 0 Å². The van der Waals surface area contributed by atoms with Gasteiger partial charge in [-0.15, -0.1) is 0 Å². The number of hydrogen-bond donors (Lipinski definition) is 2. The van der Waals surface area contributed by atoms with E-state index in [9.17, 15) is 13.5 Å². The quantitative estimate of drug-likeness (QED) is 0.782. The molecule has 8 heteroatoms. The highest BCUT2D eigenvalue weighted by Gasteiger charge is 2.56. The van der Waals surface area contributed by atoms with Crippen molar-refractivity contribution in [3.8, 4) is 11.8 Å². The lowest BCUT2D eigenvalue weighted by Crippen LogP contribution is -2.60. The molecule has 0 fully saturated rings. The fourth-order valence-electron chi connectivity index (χ4n) is 2.80. The van der Waals surface area contributed by atoms with Crippen molar-refractivity contribution in [1.82, 2.24) is 4.72 Å². The fourth-order valence-corrected chi connectivity index (χ4v) is 4.34. The number of nitrogens with one attached hydrogen (secondary N) is 1. The Labute approximate surface area is 157 Å². The van der Waals surface area contributed by atoms with Gasteiger partial charge in [-0.1, -0.05) is 29.8 Å². The Hall–Kier alpha value is -2.11. The largest absolute Gasteiger partial charge is 0.483 e. The third kappa shape index (κ3) is 3.06. The summed E-state index contributed by atoms with van der Waals surface area (Å²) in [7, 11) is -3.98. The molecule has 2 aromatic rings. The van der Waals surface area contributed by atoms with E-state index in [1.165, 1.54) is 18.2 Å². The van der Waals surface area contributed by atoms with Gasteiger partial charge in [0.15, 0.2) is 5.06 Å². The van der Waals surface area contributed by atoms with Gasteiger partial charge in [0.2, 0.25) is 10.0 Å². The van der Waals surface area contributed by atoms with Crippen molar-refractivity contribution in [2.45, 2.75) is 35.4 Å². The van der Waals surface area contributed by atoms with Gasteiger partial charge in [0.25, 0.3) is 0 Å². The smallest absolute Gasteiger partial charge is 0.241 e. The highest BCUT2D eigenvalue weighted by Crippen LogP contribution is 2.49. The average Bonchev–Trinajstić information content (AvgIpc) is 2.59. The van der Waals surface area contributed by atoms with E-state index in [0.717, 1.165) is 0 Å². The molecule has 3 rings (SSSR count). The third-order valence-electron chi connectivity index (χ3n) is 4.37. The molecule has 1 heterocycles. The number of fused-ring (bicyclic) bond motifs is 1. The molecule has 2 N–H and O–H groups in total. The summed E-state index contributed by atoms with van der Waals surface area (Å²) in [6.45, 7) is 3.12. The van der Waals surface area contributed by atoms with E-state index in [2.05, 4.69) is 4.72 Å². The summed E-state index contributed by atoms with van der Waals surface area (Å²) in [4.78, 5) is 0.0368. The van der Waals surface area contributed by atoms with Crippen LogP contribution in [0.5, 0.6) is 5.75 Å². The lowest BCUT2D eigenvalue weighted by atomic mass is 9.86. The first-order valence-corrected chi connectivity index (χ1v) is 9.66. The van der Waals surface area contributed by atoms with E-state index >= 15 is 0 Å². The Balaban J connectivity index is 2.14. The molecule has 0 spiro atoms. The van der Waals surface area contributed by atoms with Gasteiger partial charge in [-0.25, -0.2) is 8.42 Å². The van der Waals surface area contributed by atoms with Gasteiger partial charge in [0, 0.05) is 5.56 Å². The molecule has 0 amide bonds. The van der Waals surface area contributed by atoms with E-state index in [1.807, 2.05) is 6.07 Å². The van der Waals surface area contributed by atoms with Crippen LogP contribution in [0.3, 0.4) is 0 Å². The number of sulfonamides is 1. The molecular formula is C18H17ClN2O4S. The molecule has 0 saturated heterocycles. The van der Waals surface area contributed by atoms with Crippen LogP contribution in [-0.4, -0.2) is 24.2 Å². The maximum Gasteiger partial charge on any atom is 0.241 e. The minimum absolute atomic E-state index is 0.0368. The number of nitrogens with zero attached hydrogens (tertiary/aromatic N) is 1. The summed E-state index contributed by atoms with van der Waals surface area (Å²) in [5.74, 6) is 0.347. The van der Waals surface area contributed by atoms with Crippen molar-refractivity contribution >= 4 is 21.6 Å². The van der Waals surface area contributed by atoms with E-state index in [4.69, 9.17) is 21.6 Å². The molecule has 136 valence electrons. The highest BCUT2D eigenvalue weighted by molar-refractivity contribution is 7.89. The monoisotopic (exact) mass is 392 g/mol. The number of benzene rings is 2. The zero-order valence-corrected chi connectivity index (χ0v) is 15.7. The van der Waals surface area contributed by atoms with Gasteiger partial charge in [-0.3, -0.25) is 0 Å². The van der Waals surface area contributed by atoms with Crippen molar-refractivity contribution in [3.05, 3.63) is 59.7 Å². The molecule has 0 bridgehead atoms. The van der Waals surface area contributed by atoms with Gasteiger partial charge in [0.05, 0.1) is 22.6 Å². The van der Waals surface area contributed by atoms with E-state index in [0.29, 0.717) is 16.9 Å². The predicted molar refractivity (Wildman–Crippen MR) is 96.2 cm³/mol. The molecule has 2 aromatic carbocycles. The molecule has 6 nitrogen and oxygen atoms in total. The van der Waals surface area contributed by atoms with Crippen LogP contribution in [0.2, 0.25) is 0 Å². The van der Waals surface area contributed by atoms with Crippen LogP contribution in [0, 0.1) is 11.3 Å². The lowest BCUT2D eigenvalue weighted by Gasteiger charge is -2.47. The molecule has 26 heavy (non-hydrogen) atoms. The minimum Gasteiger partial charge on any atom is -0.483 e. The zero-order valence-electron chi connectivity index (χ0n) is 14.1. The maximum absolute atomic E-state index is 12.8. The average molecular weight is 393 g/mol. The van der Waals surface area contributed by atoms with Gasteiger partial charge in [-0.05, 0) is 44.2 Å². The second-order valence-corrected chi connectivity index (χ2v) is 8.81. The Morgan fingerprint density at radius 2 is 1.88 bits per heavy atom. The standard InChI is InChI=1S/C18H17ClN2O4S/c1-17(2)18(19,22)16(14-10-12(11-20)8-9-15(14)25-17)21-26(23,24)13-6-4-3-5-7-13/h3-10,16,21-22H,1-2H3/t16-,18-/m1/s1. The second-order valence-electron chi connectivity index (χ2n) is 6.52. The van der Waals surface area contributed by atoms with Crippen molar-refractivity contribution < 1.29 is 18.3 Å². The number of rotatable bonds is 3. The van der Waals surface area contributed by atoms with E-state index < -0.39 is 26.7 Å². The first kappa shape index (κ1) is 18.7. The molecule has 0 radical (unpaired) electrons. The summed E-state index contributed by atoms with van der Waals surface area (Å²) in [6.07, 6.45) is 0. The SMILES string of the molecule is CC1(C)Oc2ccc(C#N)cc2[C@@H](NS(=O)(=O)c2ccccc2)[C@]1(O)Cl. The maximum atomic E-state index is 12.8. The number of alkyl halides is 1. The summed E-state index contributed by atoms with van der Waals surface area (Å²) in [6, 6.07) is 13.1. The Kier molecular flexibility index (Phi) is 4.49. The van der Waals surface area contributed by atoms with Crippen LogP contribution in [0.25, 0.3) is 0 Å². The summed E-state index contributed by atoms with van der Waals surface area (Å²) in [5, 5.41) is 18.0. The van der Waals surface area contributed by atoms with Crippen LogP contribution < -0.4 is 9.46 Å². The number of halogens is 1. The normalized spacial score (nSPS) is 24.2. The zero-order chi connectivity index (χ0) is 19.2. The Bertz CT molecular complexity index is 982. The van der Waals surface area contributed by atoms with Crippen molar-refractivity contribution in [1.29, 1.82) is 5.26 Å². The first-order valence-electron chi connectivity index (χ1n) is 7.80. The van der Waals surface area contributed by atoms with Gasteiger partial charge in [-0.2, -0.15) is 9.98 Å². The predicted octanol–water partition coefficient (Wildman–Crippen LogP) is 2.68. The second kappa shape index (κ2) is 6.25. The van der Waals surface area contributed by atoms with Crippen LogP contribution >= 0.6 is 11.6 Å². The van der Waals surface area contributed by atoms with Crippen LogP contribution in [0.4, 0.5) is 0 Å². The minimum atomic E-state index is -3.98. The van der Waals surface area contributed by atoms with E-state index in [-0.39, 0.29) is 4.90 Å². The summed E-state index contributed by atoms with van der Waals surface area (Å²) < 4.78 is 33.8. The molecule has 2 atom stereocenters. The molecular weight excluding hydrogens is 376 g/mol. The first-order chi connectivity index (χ1) is 12.1. The van der Waals surface area contributed by atoms with Crippen LogP contribution in [-0.2, 0) is 10.0 Å². The van der Waals surface area contributed by atoms with Gasteiger partial charge >= 0.3 is 0 Å². The summed E-state index contributed by atoms with van der Waals surface area (Å²) >= 11 is 6.37. The number of nitriles is 1. The van der Waals surface area contributed by atoms with E-state index in [1.54, 1.807) is 44.2 Å².